The largest absolute Gasteiger partial charge is 0.478 e. The van der Waals surface area contributed by atoms with Crippen molar-refractivity contribution in [2.45, 2.75) is 0 Å². The maximum atomic E-state index is 10.9. The lowest BCUT2D eigenvalue weighted by atomic mass is 10.2. The fraction of sp³-hybridized carbons (Fsp3) is 0.0714. The monoisotopic (exact) mass is 261 g/mol. The summed E-state index contributed by atoms with van der Waals surface area (Å²) in [7, 11) is 1.87. The van der Waals surface area contributed by atoms with Crippen molar-refractivity contribution in [1.82, 2.24) is 0 Å². The summed E-state index contributed by atoms with van der Waals surface area (Å²) >= 11 is 5.94. The molecule has 2 aromatic carbocycles. The highest BCUT2D eigenvalue weighted by Crippen LogP contribution is 2.26. The molecule has 0 radical (unpaired) electrons. The third-order valence-corrected chi connectivity index (χ3v) is 2.91. The van der Waals surface area contributed by atoms with Crippen LogP contribution in [0.25, 0.3) is 0 Å². The van der Waals surface area contributed by atoms with Crippen LogP contribution in [0.1, 0.15) is 10.4 Å². The number of anilines is 2. The van der Waals surface area contributed by atoms with Crippen LogP contribution in [-0.2, 0) is 0 Å². The molecule has 0 aliphatic heterocycles. The second kappa shape index (κ2) is 5.10. The van der Waals surface area contributed by atoms with E-state index in [0.717, 1.165) is 11.4 Å². The summed E-state index contributed by atoms with van der Waals surface area (Å²) in [6.45, 7) is 0. The second-order valence-electron chi connectivity index (χ2n) is 3.89. The molecule has 0 saturated carbocycles. The predicted molar refractivity (Wildman–Crippen MR) is 72.9 cm³/mol. The van der Waals surface area contributed by atoms with Gasteiger partial charge in [0.05, 0.1) is 5.56 Å². The molecule has 92 valence electrons. The van der Waals surface area contributed by atoms with Crippen LogP contribution in [0.4, 0.5) is 11.4 Å². The first-order chi connectivity index (χ1) is 8.58. The molecule has 2 aromatic rings. The molecule has 0 amide bonds. The van der Waals surface area contributed by atoms with E-state index < -0.39 is 5.97 Å². The predicted octanol–water partition coefficient (Wildman–Crippen LogP) is 3.81. The Morgan fingerprint density at radius 2 is 1.72 bits per heavy atom. The molecule has 0 spiro atoms. The molecule has 2 rings (SSSR count). The first-order valence-electron chi connectivity index (χ1n) is 5.40. The van der Waals surface area contributed by atoms with Crippen molar-refractivity contribution in [1.29, 1.82) is 0 Å². The third-order valence-electron chi connectivity index (χ3n) is 2.68. The number of benzene rings is 2. The molecule has 0 aromatic heterocycles. The number of halogens is 1. The Balaban J connectivity index is 2.36. The smallest absolute Gasteiger partial charge is 0.335 e. The zero-order valence-electron chi connectivity index (χ0n) is 9.80. The van der Waals surface area contributed by atoms with Crippen LogP contribution in [0.2, 0.25) is 5.02 Å². The number of carboxylic acids is 1. The average Bonchev–Trinajstić information content (AvgIpc) is 2.38. The number of carbonyl (C=O) groups is 1. The molecule has 0 aliphatic carbocycles. The lowest BCUT2D eigenvalue weighted by Gasteiger charge is -2.20. The van der Waals surface area contributed by atoms with Crippen LogP contribution in [0.3, 0.4) is 0 Å². The van der Waals surface area contributed by atoms with Crippen molar-refractivity contribution in [2.24, 2.45) is 0 Å². The molecule has 0 atom stereocenters. The maximum Gasteiger partial charge on any atom is 0.335 e. The Hall–Kier alpha value is -2.00. The molecule has 18 heavy (non-hydrogen) atoms. The lowest BCUT2D eigenvalue weighted by molar-refractivity contribution is 0.0697. The topological polar surface area (TPSA) is 40.5 Å². The second-order valence-corrected chi connectivity index (χ2v) is 4.33. The van der Waals surface area contributed by atoms with Gasteiger partial charge < -0.3 is 10.0 Å². The minimum atomic E-state index is -0.934. The highest BCUT2D eigenvalue weighted by Gasteiger charge is 2.08. The van der Waals surface area contributed by atoms with E-state index in [1.807, 2.05) is 36.2 Å². The molecule has 0 saturated heterocycles. The summed E-state index contributed by atoms with van der Waals surface area (Å²) in [4.78, 5) is 12.8. The van der Waals surface area contributed by atoms with Gasteiger partial charge in [0.15, 0.2) is 0 Å². The summed E-state index contributed by atoms with van der Waals surface area (Å²) in [5.41, 5.74) is 1.98. The molecule has 0 aliphatic rings. The zero-order valence-corrected chi connectivity index (χ0v) is 10.6. The number of hydrogen-bond donors (Lipinski definition) is 1. The van der Waals surface area contributed by atoms with Gasteiger partial charge in [-0.05, 0) is 36.4 Å². The van der Waals surface area contributed by atoms with E-state index in [4.69, 9.17) is 16.7 Å². The number of rotatable bonds is 3. The van der Waals surface area contributed by atoms with Gasteiger partial charge >= 0.3 is 5.97 Å². The molecule has 0 unspecified atom stereocenters. The number of hydrogen-bond acceptors (Lipinski definition) is 2. The van der Waals surface area contributed by atoms with Crippen LogP contribution < -0.4 is 4.90 Å². The van der Waals surface area contributed by atoms with Gasteiger partial charge in [0.25, 0.3) is 0 Å². The van der Waals surface area contributed by atoms with Gasteiger partial charge in [-0.2, -0.15) is 0 Å². The molecular formula is C14H12ClNO2. The summed E-state index contributed by atoms with van der Waals surface area (Å²) in [5.74, 6) is -0.934. The molecule has 3 nitrogen and oxygen atoms in total. The average molecular weight is 262 g/mol. The van der Waals surface area contributed by atoms with Gasteiger partial charge in [0, 0.05) is 23.4 Å². The van der Waals surface area contributed by atoms with Crippen molar-refractivity contribution >= 4 is 28.9 Å². The summed E-state index contributed by atoms with van der Waals surface area (Å²) in [6, 6.07) is 14.2. The summed E-state index contributed by atoms with van der Waals surface area (Å²) in [6.07, 6.45) is 0. The van der Waals surface area contributed by atoms with Crippen LogP contribution in [0, 0.1) is 0 Å². The highest BCUT2D eigenvalue weighted by atomic mass is 35.5. The van der Waals surface area contributed by atoms with E-state index in [1.165, 1.54) is 0 Å². The quantitative estimate of drug-likeness (QED) is 0.913. The number of carboxylic acid groups (broad SMARTS) is 1. The van der Waals surface area contributed by atoms with Crippen LogP contribution in [-0.4, -0.2) is 18.1 Å². The van der Waals surface area contributed by atoms with Crippen LogP contribution in [0.5, 0.6) is 0 Å². The van der Waals surface area contributed by atoms with E-state index in [2.05, 4.69) is 0 Å². The van der Waals surface area contributed by atoms with Gasteiger partial charge in [-0.25, -0.2) is 4.79 Å². The minimum absolute atomic E-state index is 0.265. The first-order valence-corrected chi connectivity index (χ1v) is 5.78. The van der Waals surface area contributed by atoms with E-state index >= 15 is 0 Å². The van der Waals surface area contributed by atoms with E-state index in [-0.39, 0.29) is 5.56 Å². The van der Waals surface area contributed by atoms with E-state index in [1.54, 1.807) is 24.3 Å². The molecule has 0 heterocycles. The minimum Gasteiger partial charge on any atom is -0.478 e. The first kappa shape index (κ1) is 12.5. The Labute approximate surface area is 110 Å². The van der Waals surface area contributed by atoms with Crippen LogP contribution >= 0.6 is 11.6 Å². The Bertz CT molecular complexity index is 584. The van der Waals surface area contributed by atoms with Gasteiger partial charge in [-0.15, -0.1) is 0 Å². The third kappa shape index (κ3) is 2.63. The van der Waals surface area contributed by atoms with Gasteiger partial charge in [-0.1, -0.05) is 23.7 Å². The number of nitrogens with zero attached hydrogens (tertiary/aromatic N) is 1. The Morgan fingerprint density at radius 1 is 1.11 bits per heavy atom. The van der Waals surface area contributed by atoms with Gasteiger partial charge in [-0.3, -0.25) is 0 Å². The molecule has 1 N–H and O–H groups in total. The van der Waals surface area contributed by atoms with Gasteiger partial charge in [0.2, 0.25) is 0 Å². The Kier molecular flexibility index (Phi) is 3.53. The van der Waals surface area contributed by atoms with E-state index in [0.29, 0.717) is 5.02 Å². The fourth-order valence-corrected chi connectivity index (χ4v) is 1.87. The molecule has 0 fully saturated rings. The normalized spacial score (nSPS) is 10.1. The van der Waals surface area contributed by atoms with Crippen molar-refractivity contribution < 1.29 is 9.90 Å². The standard InChI is InChI=1S/C14H12ClNO2/c1-16(13-7-3-5-11(15)9-13)12-6-2-4-10(8-12)14(17)18/h2-9H,1H3,(H,17,18). The molecular weight excluding hydrogens is 250 g/mol. The van der Waals surface area contributed by atoms with Gasteiger partial charge in [0.1, 0.15) is 0 Å². The van der Waals surface area contributed by atoms with Crippen molar-refractivity contribution in [2.75, 3.05) is 11.9 Å². The highest BCUT2D eigenvalue weighted by molar-refractivity contribution is 6.30. The maximum absolute atomic E-state index is 10.9. The van der Waals surface area contributed by atoms with Crippen molar-refractivity contribution in [3.05, 3.63) is 59.1 Å². The van der Waals surface area contributed by atoms with Crippen LogP contribution in [0.15, 0.2) is 48.5 Å². The Morgan fingerprint density at radius 3 is 2.33 bits per heavy atom. The molecule has 4 heteroatoms. The fourth-order valence-electron chi connectivity index (χ4n) is 1.68. The zero-order chi connectivity index (χ0) is 13.1. The number of aromatic carboxylic acids is 1. The van der Waals surface area contributed by atoms with E-state index in [9.17, 15) is 4.79 Å². The SMILES string of the molecule is CN(c1cccc(Cl)c1)c1cccc(C(=O)O)c1. The summed E-state index contributed by atoms with van der Waals surface area (Å²) < 4.78 is 0. The van der Waals surface area contributed by atoms with Crippen molar-refractivity contribution in [3.63, 3.8) is 0 Å². The lowest BCUT2D eigenvalue weighted by Crippen LogP contribution is -2.10. The molecule has 0 bridgehead atoms. The summed E-state index contributed by atoms with van der Waals surface area (Å²) in [5, 5.41) is 9.61. The van der Waals surface area contributed by atoms with Crippen molar-refractivity contribution in [3.8, 4) is 0 Å².